The summed E-state index contributed by atoms with van der Waals surface area (Å²) in [5, 5.41) is 0. The molecular formula is C19H29N3O3. The molecule has 0 bridgehead atoms. The van der Waals surface area contributed by atoms with Crippen molar-refractivity contribution in [2.75, 3.05) is 45.7 Å². The largest absolute Gasteiger partial charge is 0.489 e. The van der Waals surface area contributed by atoms with Gasteiger partial charge in [0, 0.05) is 39.8 Å². The van der Waals surface area contributed by atoms with Gasteiger partial charge in [-0.1, -0.05) is 6.92 Å². The van der Waals surface area contributed by atoms with Gasteiger partial charge in [0.2, 0.25) is 5.91 Å². The van der Waals surface area contributed by atoms with Gasteiger partial charge in [-0.05, 0) is 31.5 Å². The number of hydrogen-bond acceptors (Lipinski definition) is 4. The molecule has 0 fully saturated rings. The van der Waals surface area contributed by atoms with E-state index in [9.17, 15) is 9.59 Å². The van der Waals surface area contributed by atoms with Gasteiger partial charge in [-0.25, -0.2) is 0 Å². The highest BCUT2D eigenvalue weighted by Crippen LogP contribution is 2.34. The van der Waals surface area contributed by atoms with Gasteiger partial charge in [0.1, 0.15) is 12.4 Å². The number of amides is 2. The molecule has 1 aliphatic heterocycles. The number of carbonyl (C=O) groups is 2. The number of benzene rings is 1. The lowest BCUT2D eigenvalue weighted by molar-refractivity contribution is -0.131. The third-order valence-corrected chi connectivity index (χ3v) is 4.61. The molecule has 0 aliphatic carbocycles. The van der Waals surface area contributed by atoms with Crippen LogP contribution < -0.4 is 9.64 Å². The van der Waals surface area contributed by atoms with E-state index in [-0.39, 0.29) is 17.9 Å². The quantitative estimate of drug-likeness (QED) is 0.792. The molecule has 1 heterocycles. The SMILES string of the molecule is CCCN(CC)C(=O)CC1COc2ccc(C(=O)N(C)C)cc2N1C. The summed E-state index contributed by atoms with van der Waals surface area (Å²) in [6, 6.07) is 5.42. The number of hydrogen-bond donors (Lipinski definition) is 0. The first-order chi connectivity index (χ1) is 11.9. The van der Waals surface area contributed by atoms with Crippen LogP contribution in [0.1, 0.15) is 37.0 Å². The Morgan fingerprint density at radius 1 is 1.28 bits per heavy atom. The average molecular weight is 347 g/mol. The highest BCUT2D eigenvalue weighted by molar-refractivity contribution is 5.95. The van der Waals surface area contributed by atoms with Gasteiger partial charge in [0.15, 0.2) is 0 Å². The molecule has 1 unspecified atom stereocenters. The minimum Gasteiger partial charge on any atom is -0.489 e. The van der Waals surface area contributed by atoms with E-state index >= 15 is 0 Å². The normalized spacial score (nSPS) is 16.0. The number of carbonyl (C=O) groups excluding carboxylic acids is 2. The fourth-order valence-electron chi connectivity index (χ4n) is 3.06. The van der Waals surface area contributed by atoms with E-state index in [4.69, 9.17) is 4.74 Å². The molecule has 6 heteroatoms. The van der Waals surface area contributed by atoms with Crippen molar-refractivity contribution in [1.29, 1.82) is 0 Å². The summed E-state index contributed by atoms with van der Waals surface area (Å²) in [7, 11) is 5.42. The fourth-order valence-corrected chi connectivity index (χ4v) is 3.06. The average Bonchev–Trinajstić information content (AvgIpc) is 2.60. The first-order valence-electron chi connectivity index (χ1n) is 8.88. The van der Waals surface area contributed by atoms with Crippen molar-refractivity contribution in [3.63, 3.8) is 0 Å². The summed E-state index contributed by atoms with van der Waals surface area (Å²) in [6.45, 7) is 6.06. The summed E-state index contributed by atoms with van der Waals surface area (Å²) < 4.78 is 5.84. The molecule has 0 spiro atoms. The maximum Gasteiger partial charge on any atom is 0.253 e. The zero-order chi connectivity index (χ0) is 18.6. The molecule has 1 aromatic carbocycles. The molecule has 2 rings (SSSR count). The molecule has 1 aromatic rings. The van der Waals surface area contributed by atoms with Crippen LogP contribution in [0.3, 0.4) is 0 Å². The maximum atomic E-state index is 12.5. The highest BCUT2D eigenvalue weighted by atomic mass is 16.5. The predicted octanol–water partition coefficient (Wildman–Crippen LogP) is 2.23. The highest BCUT2D eigenvalue weighted by Gasteiger charge is 2.29. The molecule has 0 saturated carbocycles. The summed E-state index contributed by atoms with van der Waals surface area (Å²) >= 11 is 0. The number of fused-ring (bicyclic) bond motifs is 1. The van der Waals surface area contributed by atoms with Crippen LogP contribution in [0.15, 0.2) is 18.2 Å². The molecular weight excluding hydrogens is 318 g/mol. The monoisotopic (exact) mass is 347 g/mol. The molecule has 138 valence electrons. The molecule has 0 radical (unpaired) electrons. The van der Waals surface area contributed by atoms with Crippen LogP contribution in [-0.2, 0) is 4.79 Å². The molecule has 0 saturated heterocycles. The molecule has 2 amide bonds. The number of nitrogens with zero attached hydrogens (tertiary/aromatic N) is 3. The van der Waals surface area contributed by atoms with Crippen LogP contribution in [0.2, 0.25) is 0 Å². The second-order valence-electron chi connectivity index (χ2n) is 6.64. The van der Waals surface area contributed by atoms with Crippen molar-refractivity contribution in [1.82, 2.24) is 9.80 Å². The molecule has 6 nitrogen and oxygen atoms in total. The minimum atomic E-state index is -0.0468. The van der Waals surface area contributed by atoms with E-state index in [1.54, 1.807) is 25.1 Å². The Hall–Kier alpha value is -2.24. The van der Waals surface area contributed by atoms with Crippen LogP contribution >= 0.6 is 0 Å². The van der Waals surface area contributed by atoms with Crippen LogP contribution in [0.5, 0.6) is 5.75 Å². The summed E-state index contributed by atoms with van der Waals surface area (Å²) in [6.07, 6.45) is 1.37. The van der Waals surface area contributed by atoms with Crippen molar-refractivity contribution in [3.05, 3.63) is 23.8 Å². The van der Waals surface area contributed by atoms with Gasteiger partial charge in [0.25, 0.3) is 5.91 Å². The lowest BCUT2D eigenvalue weighted by atomic mass is 10.1. The first-order valence-corrected chi connectivity index (χ1v) is 8.88. The maximum absolute atomic E-state index is 12.5. The van der Waals surface area contributed by atoms with E-state index in [0.29, 0.717) is 18.6 Å². The fraction of sp³-hybridized carbons (Fsp3) is 0.579. The molecule has 0 aromatic heterocycles. The van der Waals surface area contributed by atoms with Gasteiger partial charge < -0.3 is 19.4 Å². The van der Waals surface area contributed by atoms with Crippen LogP contribution in [0, 0.1) is 0 Å². The van der Waals surface area contributed by atoms with Crippen LogP contribution in [-0.4, -0.2) is 68.5 Å². The summed E-state index contributed by atoms with van der Waals surface area (Å²) in [5.74, 6) is 0.852. The Labute approximate surface area is 150 Å². The Morgan fingerprint density at radius 2 is 2.00 bits per heavy atom. The van der Waals surface area contributed by atoms with Gasteiger partial charge in [-0.15, -0.1) is 0 Å². The van der Waals surface area contributed by atoms with Gasteiger partial charge in [0.05, 0.1) is 18.2 Å². The lowest BCUT2D eigenvalue weighted by Gasteiger charge is -2.36. The molecule has 25 heavy (non-hydrogen) atoms. The van der Waals surface area contributed by atoms with E-state index in [1.807, 2.05) is 31.0 Å². The molecule has 0 N–H and O–H groups in total. The standard InChI is InChI=1S/C19H29N3O3/c1-6-10-22(7-2)18(23)12-15-13-25-17-9-8-14(19(24)20(3)4)11-16(17)21(15)5/h8-9,11,15H,6-7,10,12-13H2,1-5H3. The first kappa shape index (κ1) is 19.1. The Kier molecular flexibility index (Phi) is 6.28. The number of anilines is 1. The van der Waals surface area contributed by atoms with E-state index in [0.717, 1.165) is 30.9 Å². The zero-order valence-corrected chi connectivity index (χ0v) is 15.9. The van der Waals surface area contributed by atoms with Gasteiger partial charge in [-0.2, -0.15) is 0 Å². The Morgan fingerprint density at radius 3 is 2.60 bits per heavy atom. The number of ether oxygens (including phenoxy) is 1. The molecule has 1 aliphatic rings. The Bertz CT molecular complexity index is 630. The van der Waals surface area contributed by atoms with Crippen molar-refractivity contribution < 1.29 is 14.3 Å². The summed E-state index contributed by atoms with van der Waals surface area (Å²) in [5.41, 5.74) is 1.47. The van der Waals surface area contributed by atoms with Crippen molar-refractivity contribution in [2.45, 2.75) is 32.7 Å². The number of likely N-dealkylation sites (N-methyl/N-ethyl adjacent to an activating group) is 1. The number of rotatable bonds is 6. The predicted molar refractivity (Wildman–Crippen MR) is 99.3 cm³/mol. The van der Waals surface area contributed by atoms with Gasteiger partial charge >= 0.3 is 0 Å². The topological polar surface area (TPSA) is 53.1 Å². The van der Waals surface area contributed by atoms with E-state index < -0.39 is 0 Å². The van der Waals surface area contributed by atoms with Crippen molar-refractivity contribution in [3.8, 4) is 5.75 Å². The zero-order valence-electron chi connectivity index (χ0n) is 15.9. The van der Waals surface area contributed by atoms with Gasteiger partial charge in [-0.3, -0.25) is 9.59 Å². The lowest BCUT2D eigenvalue weighted by Crippen LogP contribution is -2.45. The summed E-state index contributed by atoms with van der Waals surface area (Å²) in [4.78, 5) is 30.2. The third kappa shape index (κ3) is 4.24. The second kappa shape index (κ2) is 8.23. The van der Waals surface area contributed by atoms with Crippen molar-refractivity contribution in [2.24, 2.45) is 0 Å². The van der Waals surface area contributed by atoms with Crippen LogP contribution in [0.4, 0.5) is 5.69 Å². The van der Waals surface area contributed by atoms with Crippen molar-refractivity contribution >= 4 is 17.5 Å². The van der Waals surface area contributed by atoms with E-state index in [1.165, 1.54) is 0 Å². The third-order valence-electron chi connectivity index (χ3n) is 4.61. The molecule has 1 atom stereocenters. The van der Waals surface area contributed by atoms with Crippen LogP contribution in [0.25, 0.3) is 0 Å². The Balaban J connectivity index is 2.16. The smallest absolute Gasteiger partial charge is 0.253 e. The van der Waals surface area contributed by atoms with E-state index in [2.05, 4.69) is 11.8 Å². The second-order valence-corrected chi connectivity index (χ2v) is 6.64. The minimum absolute atomic E-state index is 0.0318.